The Morgan fingerprint density at radius 1 is 0.947 bits per heavy atom. The molecular formula is C33H28N4O. The van der Waals surface area contributed by atoms with Gasteiger partial charge >= 0.3 is 0 Å². The molecule has 0 unspecified atom stereocenters. The van der Waals surface area contributed by atoms with Crippen molar-refractivity contribution >= 4 is 22.6 Å². The Morgan fingerprint density at radius 2 is 1.68 bits per heavy atom. The normalized spacial score (nSPS) is 12.7. The van der Waals surface area contributed by atoms with Gasteiger partial charge in [-0.15, -0.1) is 0 Å². The van der Waals surface area contributed by atoms with Gasteiger partial charge in [-0.3, -0.25) is 4.79 Å². The van der Waals surface area contributed by atoms with Crippen LogP contribution in [0.1, 0.15) is 51.8 Å². The number of imidazole rings is 1. The van der Waals surface area contributed by atoms with Crippen molar-refractivity contribution in [3.05, 3.63) is 119 Å². The van der Waals surface area contributed by atoms with E-state index in [0.29, 0.717) is 18.7 Å². The van der Waals surface area contributed by atoms with E-state index in [1.54, 1.807) is 0 Å². The molecule has 0 fully saturated rings. The van der Waals surface area contributed by atoms with Crippen LogP contribution in [0.2, 0.25) is 0 Å². The number of fused-ring (bicyclic) bond motifs is 2. The third kappa shape index (κ3) is 4.05. The van der Waals surface area contributed by atoms with Gasteiger partial charge in [0.15, 0.2) is 0 Å². The quantitative estimate of drug-likeness (QED) is 0.253. The van der Waals surface area contributed by atoms with Crippen LogP contribution in [0.4, 0.5) is 5.69 Å². The Balaban J connectivity index is 1.38. The molecule has 0 atom stereocenters. The molecule has 1 aromatic heterocycles. The summed E-state index contributed by atoms with van der Waals surface area (Å²) >= 11 is 0. The molecule has 0 aliphatic carbocycles. The predicted molar refractivity (Wildman–Crippen MR) is 151 cm³/mol. The number of benzene rings is 4. The summed E-state index contributed by atoms with van der Waals surface area (Å²) in [6.07, 6.45) is 1.88. The second-order valence-electron chi connectivity index (χ2n) is 9.90. The molecule has 0 N–H and O–H groups in total. The van der Waals surface area contributed by atoms with Gasteiger partial charge in [0.2, 0.25) is 0 Å². The maximum Gasteiger partial charge on any atom is 0.258 e. The highest BCUT2D eigenvalue weighted by Gasteiger charge is 2.29. The van der Waals surface area contributed by atoms with E-state index in [9.17, 15) is 10.1 Å². The minimum absolute atomic E-state index is 0.0486. The smallest absolute Gasteiger partial charge is 0.258 e. The molecule has 186 valence electrons. The maximum atomic E-state index is 13.2. The molecule has 5 nitrogen and oxygen atoms in total. The van der Waals surface area contributed by atoms with Gasteiger partial charge in [-0.1, -0.05) is 67.6 Å². The van der Waals surface area contributed by atoms with Crippen LogP contribution < -0.4 is 4.90 Å². The first-order valence-corrected chi connectivity index (χ1v) is 13.1. The van der Waals surface area contributed by atoms with Crippen molar-refractivity contribution in [1.29, 1.82) is 5.26 Å². The lowest BCUT2D eigenvalue weighted by Crippen LogP contribution is -2.23. The van der Waals surface area contributed by atoms with Crippen LogP contribution in [0, 0.1) is 18.3 Å². The minimum Gasteiger partial charge on any atom is -0.323 e. The maximum absolute atomic E-state index is 13.2. The van der Waals surface area contributed by atoms with Gasteiger partial charge in [-0.25, -0.2) is 4.98 Å². The number of hydrogen-bond donors (Lipinski definition) is 0. The summed E-state index contributed by atoms with van der Waals surface area (Å²) in [7, 11) is 0. The van der Waals surface area contributed by atoms with Crippen molar-refractivity contribution < 1.29 is 4.79 Å². The van der Waals surface area contributed by atoms with Crippen LogP contribution in [0.5, 0.6) is 0 Å². The summed E-state index contributed by atoms with van der Waals surface area (Å²) in [6.45, 7) is 5.52. The third-order valence-corrected chi connectivity index (χ3v) is 7.37. The molecule has 1 amide bonds. The number of rotatable bonds is 6. The number of nitrogens with zero attached hydrogens (tertiary/aromatic N) is 4. The fourth-order valence-electron chi connectivity index (χ4n) is 5.44. The number of aryl methyl sites for hydroxylation is 2. The zero-order chi connectivity index (χ0) is 26.2. The molecular weight excluding hydrogens is 468 g/mol. The van der Waals surface area contributed by atoms with E-state index in [-0.39, 0.29) is 5.91 Å². The van der Waals surface area contributed by atoms with Crippen molar-refractivity contribution in [1.82, 2.24) is 9.55 Å². The van der Waals surface area contributed by atoms with Gasteiger partial charge in [-0.2, -0.15) is 5.26 Å². The highest BCUT2D eigenvalue weighted by Crippen LogP contribution is 2.33. The Labute approximate surface area is 222 Å². The van der Waals surface area contributed by atoms with E-state index < -0.39 is 0 Å². The van der Waals surface area contributed by atoms with Gasteiger partial charge in [0.1, 0.15) is 5.82 Å². The highest BCUT2D eigenvalue weighted by molar-refractivity contribution is 6.10. The fourth-order valence-corrected chi connectivity index (χ4v) is 5.44. The van der Waals surface area contributed by atoms with Gasteiger partial charge in [0.25, 0.3) is 5.91 Å². The lowest BCUT2D eigenvalue weighted by molar-refractivity contribution is 0.0996. The molecule has 1 aliphatic rings. The number of carbonyl (C=O) groups is 1. The molecule has 5 heteroatoms. The minimum atomic E-state index is 0.0486. The van der Waals surface area contributed by atoms with Crippen LogP contribution in [-0.4, -0.2) is 15.5 Å². The molecule has 5 aromatic rings. The zero-order valence-electron chi connectivity index (χ0n) is 21.6. The summed E-state index contributed by atoms with van der Waals surface area (Å²) in [4.78, 5) is 20.1. The van der Waals surface area contributed by atoms with Crippen molar-refractivity contribution in [3.8, 4) is 17.2 Å². The van der Waals surface area contributed by atoms with E-state index in [1.807, 2.05) is 53.4 Å². The predicted octanol–water partition coefficient (Wildman–Crippen LogP) is 7.04. The van der Waals surface area contributed by atoms with Gasteiger partial charge < -0.3 is 9.47 Å². The lowest BCUT2D eigenvalue weighted by atomic mass is 9.99. The Hall–Kier alpha value is -4.69. The van der Waals surface area contributed by atoms with E-state index in [4.69, 9.17) is 4.98 Å². The Morgan fingerprint density at radius 3 is 2.42 bits per heavy atom. The van der Waals surface area contributed by atoms with E-state index >= 15 is 0 Å². The molecule has 4 aromatic carbocycles. The molecule has 0 radical (unpaired) electrons. The number of carbonyl (C=O) groups excluding carboxylic acids is 1. The summed E-state index contributed by atoms with van der Waals surface area (Å²) < 4.78 is 2.29. The van der Waals surface area contributed by atoms with E-state index in [2.05, 4.69) is 60.9 Å². The first-order valence-electron chi connectivity index (χ1n) is 13.1. The van der Waals surface area contributed by atoms with Crippen molar-refractivity contribution in [2.24, 2.45) is 0 Å². The zero-order valence-corrected chi connectivity index (χ0v) is 21.6. The van der Waals surface area contributed by atoms with E-state index in [1.165, 1.54) is 0 Å². The molecule has 6 rings (SSSR count). The molecule has 1 aliphatic heterocycles. The first kappa shape index (κ1) is 23.7. The van der Waals surface area contributed by atoms with Crippen molar-refractivity contribution in [2.45, 2.75) is 39.8 Å². The molecule has 38 heavy (non-hydrogen) atoms. The molecule has 2 heterocycles. The van der Waals surface area contributed by atoms with Crippen LogP contribution >= 0.6 is 0 Å². The lowest BCUT2D eigenvalue weighted by Gasteiger charge is -2.18. The molecule has 0 saturated heterocycles. The van der Waals surface area contributed by atoms with Crippen LogP contribution in [0.3, 0.4) is 0 Å². The van der Waals surface area contributed by atoms with Gasteiger partial charge in [-0.05, 0) is 65.4 Å². The van der Waals surface area contributed by atoms with Gasteiger partial charge in [0, 0.05) is 24.2 Å². The molecule has 0 saturated carbocycles. The number of hydrogen-bond acceptors (Lipinski definition) is 3. The Bertz CT molecular complexity index is 1720. The van der Waals surface area contributed by atoms with E-state index in [0.717, 1.165) is 68.8 Å². The highest BCUT2D eigenvalue weighted by atomic mass is 16.2. The summed E-state index contributed by atoms with van der Waals surface area (Å²) in [6, 6.07) is 30.4. The summed E-state index contributed by atoms with van der Waals surface area (Å²) in [5.74, 6) is 1.10. The van der Waals surface area contributed by atoms with Crippen molar-refractivity contribution in [2.75, 3.05) is 4.90 Å². The van der Waals surface area contributed by atoms with Crippen molar-refractivity contribution in [3.63, 3.8) is 0 Å². The monoisotopic (exact) mass is 496 g/mol. The first-order chi connectivity index (χ1) is 18.6. The molecule has 0 spiro atoms. The standard InChI is InChI=1S/C33H28N4O/c1-3-8-31-35-32-22(2)17-27(36-21-26-10-5-7-12-29(26)33(36)38)18-30(32)37(31)20-23-13-15-24(16-14-23)28-11-6-4-9-25(28)19-34/h4-7,9-18H,3,8,20-21H2,1-2H3. The second kappa shape index (κ2) is 9.64. The number of aromatic nitrogens is 2. The third-order valence-electron chi connectivity index (χ3n) is 7.37. The fraction of sp³-hybridized carbons (Fsp3) is 0.182. The topological polar surface area (TPSA) is 61.9 Å². The summed E-state index contributed by atoms with van der Waals surface area (Å²) in [5, 5.41) is 9.49. The number of anilines is 1. The number of amides is 1. The van der Waals surface area contributed by atoms with Crippen LogP contribution in [0.25, 0.3) is 22.2 Å². The van der Waals surface area contributed by atoms with Crippen LogP contribution in [-0.2, 0) is 19.5 Å². The van der Waals surface area contributed by atoms with Gasteiger partial charge in [0.05, 0.1) is 29.2 Å². The summed E-state index contributed by atoms with van der Waals surface area (Å²) in [5.41, 5.74) is 9.66. The largest absolute Gasteiger partial charge is 0.323 e. The SMILES string of the molecule is CCCc1nc2c(C)cc(N3Cc4ccccc4C3=O)cc2n1Cc1ccc(-c2ccccc2C#N)cc1. The molecule has 0 bridgehead atoms. The average Bonchev–Trinajstić information content (AvgIpc) is 3.47. The van der Waals surface area contributed by atoms with Crippen LogP contribution in [0.15, 0.2) is 84.9 Å². The second-order valence-corrected chi connectivity index (χ2v) is 9.90. The number of nitriles is 1. The average molecular weight is 497 g/mol. The Kier molecular flexibility index (Phi) is 6.01.